The molecule has 138 valence electrons. The summed E-state index contributed by atoms with van der Waals surface area (Å²) in [4.78, 5) is 14.6. The molecule has 0 fully saturated rings. The van der Waals surface area contributed by atoms with E-state index >= 15 is 0 Å². The highest BCUT2D eigenvalue weighted by atomic mass is 32.2. The van der Waals surface area contributed by atoms with Crippen molar-refractivity contribution in [3.05, 3.63) is 45.6 Å². The van der Waals surface area contributed by atoms with E-state index in [1.54, 1.807) is 4.68 Å². The largest absolute Gasteiger partial charge is 0.316 e. The number of amides is 1. The van der Waals surface area contributed by atoms with Gasteiger partial charge < -0.3 is 4.90 Å². The van der Waals surface area contributed by atoms with Crippen LogP contribution in [0.25, 0.3) is 5.69 Å². The Morgan fingerprint density at radius 3 is 2.88 bits per heavy atom. The quantitative estimate of drug-likeness (QED) is 0.478. The van der Waals surface area contributed by atoms with Gasteiger partial charge in [-0.15, -0.1) is 5.10 Å². The number of aryl methyl sites for hydroxylation is 1. The maximum Gasteiger partial charge on any atom is 0.237 e. The molecule has 0 radical (unpaired) electrons. The maximum atomic E-state index is 12.7. The lowest BCUT2D eigenvalue weighted by Crippen LogP contribution is -2.32. The van der Waals surface area contributed by atoms with Crippen LogP contribution in [0.5, 0.6) is 0 Å². The first-order chi connectivity index (χ1) is 12.6. The fourth-order valence-corrected chi connectivity index (χ4v) is 5.30. The number of nitrogens with zero attached hydrogens (tertiary/aromatic N) is 3. The first-order valence-corrected chi connectivity index (χ1v) is 11.1. The Morgan fingerprint density at radius 2 is 2.19 bits per heavy atom. The van der Waals surface area contributed by atoms with Crippen LogP contribution in [-0.4, -0.2) is 32.9 Å². The van der Waals surface area contributed by atoms with Crippen LogP contribution in [0.4, 0.5) is 0 Å². The van der Waals surface area contributed by atoms with E-state index in [-0.39, 0.29) is 5.91 Å². The molecular formula is C19H23N3OS3. The summed E-state index contributed by atoms with van der Waals surface area (Å²) in [6, 6.07) is 8.04. The minimum Gasteiger partial charge on any atom is -0.316 e. The molecule has 1 aromatic heterocycles. The number of hydrogen-bond donors (Lipinski definition) is 0. The third-order valence-corrected chi connectivity index (χ3v) is 6.77. The summed E-state index contributed by atoms with van der Waals surface area (Å²) in [7, 11) is 0. The van der Waals surface area contributed by atoms with Gasteiger partial charge in [0.15, 0.2) is 8.29 Å². The second kappa shape index (κ2) is 8.97. The van der Waals surface area contributed by atoms with Crippen molar-refractivity contribution in [2.45, 2.75) is 43.9 Å². The number of rotatable bonds is 6. The highest BCUT2D eigenvalue weighted by Crippen LogP contribution is 2.27. The van der Waals surface area contributed by atoms with Crippen LogP contribution in [-0.2, 0) is 4.79 Å². The number of para-hydroxylation sites is 1. The second-order valence-electron chi connectivity index (χ2n) is 6.20. The van der Waals surface area contributed by atoms with Gasteiger partial charge in [-0.2, -0.15) is 0 Å². The van der Waals surface area contributed by atoms with Gasteiger partial charge in [0.05, 0.1) is 11.4 Å². The van der Waals surface area contributed by atoms with Crippen molar-refractivity contribution in [2.75, 3.05) is 12.3 Å². The molecule has 0 N–H and O–H groups in total. The van der Waals surface area contributed by atoms with Crippen molar-refractivity contribution in [1.29, 1.82) is 0 Å². The highest BCUT2D eigenvalue weighted by molar-refractivity contribution is 8.01. The molecular weight excluding hydrogens is 382 g/mol. The Hall–Kier alpha value is -1.44. The number of hydrogen-bond acceptors (Lipinski definition) is 5. The second-order valence-corrected chi connectivity index (χ2v) is 9.05. The number of allylic oxidation sites excluding steroid dienone is 2. The van der Waals surface area contributed by atoms with Gasteiger partial charge >= 0.3 is 0 Å². The Labute approximate surface area is 167 Å². The molecule has 1 aromatic carbocycles. The van der Waals surface area contributed by atoms with Crippen molar-refractivity contribution < 1.29 is 4.79 Å². The lowest BCUT2D eigenvalue weighted by atomic mass is 10.0. The Morgan fingerprint density at radius 1 is 1.38 bits per heavy atom. The maximum absolute atomic E-state index is 12.7. The smallest absolute Gasteiger partial charge is 0.237 e. The van der Waals surface area contributed by atoms with Gasteiger partial charge in [0.2, 0.25) is 5.91 Å². The number of benzene rings is 1. The van der Waals surface area contributed by atoms with E-state index < -0.39 is 0 Å². The fourth-order valence-electron chi connectivity index (χ4n) is 3.08. The molecule has 1 amide bonds. The van der Waals surface area contributed by atoms with Crippen LogP contribution in [0.15, 0.2) is 40.4 Å². The number of thioether (sulfide) groups is 1. The standard InChI is InChI=1S/C19H23N3OS3/c1-3-21(15-10-5-4-6-11-15)17(23)13-25-18-20-22(19(24)26-18)16-12-8-7-9-14(16)2/h7-10,12H,3-6,11,13H2,1-2H3. The van der Waals surface area contributed by atoms with E-state index in [4.69, 9.17) is 12.2 Å². The van der Waals surface area contributed by atoms with E-state index in [9.17, 15) is 4.79 Å². The lowest BCUT2D eigenvalue weighted by Gasteiger charge is -2.26. The number of carbonyl (C=O) groups excluding carboxylic acids is 1. The number of aromatic nitrogens is 2. The first-order valence-electron chi connectivity index (χ1n) is 8.88. The van der Waals surface area contributed by atoms with Gasteiger partial charge in [-0.05, 0) is 63.4 Å². The van der Waals surface area contributed by atoms with Gasteiger partial charge in [-0.1, -0.05) is 47.4 Å². The molecule has 0 saturated carbocycles. The van der Waals surface area contributed by atoms with E-state index in [2.05, 4.69) is 11.2 Å². The Balaban J connectivity index is 1.69. The van der Waals surface area contributed by atoms with Crippen LogP contribution < -0.4 is 0 Å². The summed E-state index contributed by atoms with van der Waals surface area (Å²) in [6.07, 6.45) is 6.70. The summed E-state index contributed by atoms with van der Waals surface area (Å²) >= 11 is 8.40. The van der Waals surface area contributed by atoms with Crippen LogP contribution in [0.1, 0.15) is 38.2 Å². The zero-order valence-electron chi connectivity index (χ0n) is 15.1. The van der Waals surface area contributed by atoms with Crippen LogP contribution in [0.3, 0.4) is 0 Å². The van der Waals surface area contributed by atoms with E-state index in [1.807, 2.05) is 43.0 Å². The summed E-state index contributed by atoms with van der Waals surface area (Å²) in [5.74, 6) is 0.538. The first kappa shape index (κ1) is 19.3. The molecule has 1 aliphatic rings. The molecule has 0 saturated heterocycles. The molecule has 0 aliphatic heterocycles. The minimum absolute atomic E-state index is 0.147. The SMILES string of the molecule is CCN(C(=O)CSc1nn(-c2ccccc2C)c(=S)s1)C1=CCCCC1. The molecule has 0 atom stereocenters. The van der Waals surface area contributed by atoms with Crippen molar-refractivity contribution >= 4 is 41.2 Å². The van der Waals surface area contributed by atoms with Crippen molar-refractivity contribution in [2.24, 2.45) is 0 Å². The minimum atomic E-state index is 0.147. The molecule has 2 aromatic rings. The highest BCUT2D eigenvalue weighted by Gasteiger charge is 2.19. The van der Waals surface area contributed by atoms with Gasteiger partial charge in [-0.25, -0.2) is 4.68 Å². The van der Waals surface area contributed by atoms with E-state index in [0.717, 1.165) is 35.0 Å². The van der Waals surface area contributed by atoms with Gasteiger partial charge in [0.25, 0.3) is 0 Å². The average molecular weight is 406 g/mol. The van der Waals surface area contributed by atoms with Crippen molar-refractivity contribution in [3.63, 3.8) is 0 Å². The molecule has 0 unspecified atom stereocenters. The van der Waals surface area contributed by atoms with Crippen LogP contribution in [0.2, 0.25) is 0 Å². The van der Waals surface area contributed by atoms with Gasteiger partial charge in [0, 0.05) is 12.2 Å². The summed E-state index contributed by atoms with van der Waals surface area (Å²) < 4.78 is 3.33. The van der Waals surface area contributed by atoms with E-state index in [0.29, 0.717) is 9.71 Å². The third-order valence-electron chi connectivity index (χ3n) is 4.42. The monoisotopic (exact) mass is 405 g/mol. The zero-order chi connectivity index (χ0) is 18.5. The average Bonchev–Trinajstić information content (AvgIpc) is 3.02. The molecule has 0 bridgehead atoms. The summed E-state index contributed by atoms with van der Waals surface area (Å²) in [5.41, 5.74) is 3.31. The summed E-state index contributed by atoms with van der Waals surface area (Å²) in [6.45, 7) is 4.80. The Bertz CT molecular complexity index is 869. The van der Waals surface area contributed by atoms with Gasteiger partial charge in [0.1, 0.15) is 0 Å². The summed E-state index contributed by atoms with van der Waals surface area (Å²) in [5, 5.41) is 4.62. The topological polar surface area (TPSA) is 38.1 Å². The molecule has 3 rings (SSSR count). The van der Waals surface area contributed by atoms with E-state index in [1.165, 1.54) is 41.6 Å². The zero-order valence-corrected chi connectivity index (χ0v) is 17.6. The molecule has 4 nitrogen and oxygen atoms in total. The van der Waals surface area contributed by atoms with Crippen molar-refractivity contribution in [3.8, 4) is 5.69 Å². The molecule has 7 heteroatoms. The predicted octanol–water partition coefficient (Wildman–Crippen LogP) is 5.37. The third kappa shape index (κ3) is 4.45. The molecule has 1 aliphatic carbocycles. The molecule has 0 spiro atoms. The van der Waals surface area contributed by atoms with Crippen LogP contribution >= 0.6 is 35.3 Å². The van der Waals surface area contributed by atoms with Crippen molar-refractivity contribution in [1.82, 2.24) is 14.7 Å². The fraction of sp³-hybridized carbons (Fsp3) is 0.421. The Kier molecular flexibility index (Phi) is 6.67. The van der Waals surface area contributed by atoms with Crippen LogP contribution in [0, 0.1) is 10.9 Å². The molecule has 26 heavy (non-hydrogen) atoms. The normalized spacial score (nSPS) is 14.2. The number of carbonyl (C=O) groups is 1. The molecule has 1 heterocycles. The van der Waals surface area contributed by atoms with Gasteiger partial charge in [-0.3, -0.25) is 4.79 Å². The lowest BCUT2D eigenvalue weighted by molar-refractivity contribution is -0.126. The predicted molar refractivity (Wildman–Crippen MR) is 112 cm³/mol.